The van der Waals surface area contributed by atoms with E-state index < -0.39 is 0 Å². The number of hydrogen-bond acceptors (Lipinski definition) is 6. The van der Waals surface area contributed by atoms with E-state index in [1.165, 1.54) is 18.5 Å². The minimum atomic E-state index is -0.321. The number of nitrogens with zero attached hydrogens (tertiary/aromatic N) is 6. The van der Waals surface area contributed by atoms with Gasteiger partial charge in [-0.2, -0.15) is 0 Å². The van der Waals surface area contributed by atoms with Crippen molar-refractivity contribution in [3.05, 3.63) is 67.0 Å². The predicted molar refractivity (Wildman–Crippen MR) is 103 cm³/mol. The van der Waals surface area contributed by atoms with Gasteiger partial charge in [0.2, 0.25) is 0 Å². The molecule has 8 nitrogen and oxygen atoms in total. The molecule has 0 spiro atoms. The number of anilines is 1. The number of hydrogen-bond donors (Lipinski definition) is 2. The second-order valence-electron chi connectivity index (χ2n) is 6.34. The van der Waals surface area contributed by atoms with E-state index in [1.54, 1.807) is 24.8 Å². The van der Waals surface area contributed by atoms with Crippen molar-refractivity contribution in [2.75, 3.05) is 5.32 Å². The van der Waals surface area contributed by atoms with Crippen molar-refractivity contribution in [1.82, 2.24) is 34.5 Å². The molecule has 9 heteroatoms. The first-order valence-electron chi connectivity index (χ1n) is 8.69. The highest BCUT2D eigenvalue weighted by Gasteiger charge is 2.20. The Kier molecular flexibility index (Phi) is 3.71. The van der Waals surface area contributed by atoms with E-state index >= 15 is 0 Å². The monoisotopic (exact) mass is 374 g/mol. The van der Waals surface area contributed by atoms with E-state index in [9.17, 15) is 4.39 Å². The average Bonchev–Trinajstić information content (AvgIpc) is 3.33. The van der Waals surface area contributed by atoms with Crippen molar-refractivity contribution in [3.8, 4) is 5.69 Å². The first kappa shape index (κ1) is 16.3. The van der Waals surface area contributed by atoms with Gasteiger partial charge in [-0.15, -0.1) is 0 Å². The van der Waals surface area contributed by atoms with Crippen LogP contribution in [0.1, 0.15) is 18.8 Å². The first-order valence-corrected chi connectivity index (χ1v) is 8.69. The maximum atomic E-state index is 13.9. The van der Waals surface area contributed by atoms with Gasteiger partial charge in [0.1, 0.15) is 23.5 Å². The van der Waals surface area contributed by atoms with Gasteiger partial charge in [0.25, 0.3) is 0 Å². The zero-order valence-electron chi connectivity index (χ0n) is 14.8. The van der Waals surface area contributed by atoms with Crippen LogP contribution in [0.2, 0.25) is 0 Å². The molecule has 0 amide bonds. The van der Waals surface area contributed by atoms with Gasteiger partial charge >= 0.3 is 0 Å². The van der Waals surface area contributed by atoms with Gasteiger partial charge in [0.15, 0.2) is 11.5 Å². The highest BCUT2D eigenvalue weighted by Crippen LogP contribution is 2.28. The van der Waals surface area contributed by atoms with Gasteiger partial charge in [-0.05, 0) is 31.2 Å². The van der Waals surface area contributed by atoms with Gasteiger partial charge in [0, 0.05) is 12.3 Å². The summed E-state index contributed by atoms with van der Waals surface area (Å²) in [5.74, 6) is 0.976. The lowest BCUT2D eigenvalue weighted by Gasteiger charge is -2.16. The summed E-state index contributed by atoms with van der Waals surface area (Å²) in [6.07, 6.45) is 6.45. The minimum Gasteiger partial charge on any atom is -0.358 e. The largest absolute Gasteiger partial charge is 0.358 e. The smallest absolute Gasteiger partial charge is 0.162 e. The fraction of sp³-hybridized carbons (Fsp3) is 0.105. The Morgan fingerprint density at radius 2 is 2.11 bits per heavy atom. The first-order chi connectivity index (χ1) is 13.7. The van der Waals surface area contributed by atoms with Crippen LogP contribution in [0, 0.1) is 5.82 Å². The highest BCUT2D eigenvalue weighted by atomic mass is 19.1. The number of nitrogens with one attached hydrogen (secondary N) is 2. The molecule has 0 saturated carbocycles. The minimum absolute atomic E-state index is 0.245. The van der Waals surface area contributed by atoms with Gasteiger partial charge < -0.3 is 10.3 Å². The molecule has 138 valence electrons. The number of halogens is 1. The molecule has 0 unspecified atom stereocenters. The number of pyridine rings is 1. The van der Waals surface area contributed by atoms with Crippen molar-refractivity contribution in [3.63, 3.8) is 0 Å². The van der Waals surface area contributed by atoms with Gasteiger partial charge in [-0.1, -0.05) is 0 Å². The van der Waals surface area contributed by atoms with Crippen LogP contribution in [0.25, 0.3) is 27.9 Å². The van der Waals surface area contributed by atoms with Crippen LogP contribution in [0.4, 0.5) is 10.2 Å². The van der Waals surface area contributed by atoms with Gasteiger partial charge in [-0.25, -0.2) is 24.3 Å². The van der Waals surface area contributed by atoms with E-state index in [0.717, 1.165) is 5.69 Å². The molecule has 0 aliphatic heterocycles. The molecule has 0 radical (unpaired) electrons. The van der Waals surface area contributed by atoms with Crippen molar-refractivity contribution < 1.29 is 4.39 Å². The van der Waals surface area contributed by atoms with E-state index in [1.807, 2.05) is 23.6 Å². The maximum absolute atomic E-state index is 13.9. The Morgan fingerprint density at radius 1 is 1.18 bits per heavy atom. The average molecular weight is 374 g/mol. The molecular weight excluding hydrogens is 359 g/mol. The number of H-pyrrole nitrogens is 1. The molecule has 0 aliphatic rings. The molecule has 0 fully saturated rings. The molecule has 4 aromatic heterocycles. The summed E-state index contributed by atoms with van der Waals surface area (Å²) in [4.78, 5) is 24.6. The molecule has 5 aromatic rings. The quantitative estimate of drug-likeness (QED) is 0.500. The van der Waals surface area contributed by atoms with Crippen molar-refractivity contribution in [2.45, 2.75) is 13.0 Å². The maximum Gasteiger partial charge on any atom is 0.162 e. The number of rotatable bonds is 4. The lowest BCUT2D eigenvalue weighted by molar-refractivity contribution is 0.629. The molecular formula is C19H15FN8. The zero-order chi connectivity index (χ0) is 19.1. The summed E-state index contributed by atoms with van der Waals surface area (Å²) in [5, 5.41) is 3.34. The van der Waals surface area contributed by atoms with Crippen molar-refractivity contribution >= 4 is 28.0 Å². The predicted octanol–water partition coefficient (Wildman–Crippen LogP) is 3.40. The summed E-state index contributed by atoms with van der Waals surface area (Å²) in [5.41, 5.74) is 3.45. The number of fused-ring (bicyclic) bond motifs is 2. The lowest BCUT2D eigenvalue weighted by atomic mass is 10.2. The zero-order valence-corrected chi connectivity index (χ0v) is 14.8. The van der Waals surface area contributed by atoms with Gasteiger partial charge in [0.05, 0.1) is 35.3 Å². The number of aromatic amines is 1. The third kappa shape index (κ3) is 2.64. The van der Waals surface area contributed by atoms with E-state index in [4.69, 9.17) is 4.98 Å². The summed E-state index contributed by atoms with van der Waals surface area (Å²) in [7, 11) is 0. The van der Waals surface area contributed by atoms with Crippen LogP contribution in [0.5, 0.6) is 0 Å². The molecule has 2 N–H and O–H groups in total. The molecule has 1 atom stereocenters. The van der Waals surface area contributed by atoms with E-state index in [-0.39, 0.29) is 11.9 Å². The molecule has 0 aliphatic carbocycles. The second-order valence-corrected chi connectivity index (χ2v) is 6.34. The van der Waals surface area contributed by atoms with Crippen LogP contribution >= 0.6 is 0 Å². The summed E-state index contributed by atoms with van der Waals surface area (Å²) in [6.45, 7) is 1.96. The normalized spacial score (nSPS) is 12.5. The van der Waals surface area contributed by atoms with Crippen LogP contribution < -0.4 is 5.32 Å². The fourth-order valence-electron chi connectivity index (χ4n) is 3.25. The Labute approximate surface area is 158 Å². The topological polar surface area (TPSA) is 97.2 Å². The number of imidazole rings is 2. The third-order valence-corrected chi connectivity index (χ3v) is 4.50. The van der Waals surface area contributed by atoms with Crippen LogP contribution in [-0.2, 0) is 0 Å². The summed E-state index contributed by atoms with van der Waals surface area (Å²) < 4.78 is 15.8. The van der Waals surface area contributed by atoms with Crippen molar-refractivity contribution in [2.24, 2.45) is 0 Å². The molecule has 0 bridgehead atoms. The molecule has 4 heterocycles. The standard InChI is InChI=1S/C19H15FN8/c1-11(26-18-16-17(23-9-22-16)24-10-25-18)19-27-14-5-4-12(20)7-15(14)28(19)13-3-2-6-21-8-13/h2-11H,1H3,(H2,22,23,24,25,26)/t11-/m0/s1. The van der Waals surface area contributed by atoms with Gasteiger partial charge in [-0.3, -0.25) is 9.55 Å². The second kappa shape index (κ2) is 6.38. The van der Waals surface area contributed by atoms with Crippen molar-refractivity contribution in [1.29, 1.82) is 0 Å². The highest BCUT2D eigenvalue weighted by molar-refractivity contribution is 5.82. The Balaban J connectivity index is 1.64. The summed E-state index contributed by atoms with van der Waals surface area (Å²) >= 11 is 0. The molecule has 1 aromatic carbocycles. The number of benzene rings is 1. The Hall–Kier alpha value is -3.88. The van der Waals surface area contributed by atoms with E-state index in [0.29, 0.717) is 33.8 Å². The number of aromatic nitrogens is 7. The SMILES string of the molecule is C[C@H](Nc1ncnc2[nH]cnc12)c1nc2ccc(F)cc2n1-c1cccnc1. The molecule has 5 rings (SSSR count). The summed E-state index contributed by atoms with van der Waals surface area (Å²) in [6, 6.07) is 8.05. The van der Waals surface area contributed by atoms with Crippen LogP contribution in [0.3, 0.4) is 0 Å². The van der Waals surface area contributed by atoms with Crippen LogP contribution in [-0.4, -0.2) is 34.5 Å². The third-order valence-electron chi connectivity index (χ3n) is 4.50. The molecule has 28 heavy (non-hydrogen) atoms. The Bertz CT molecular complexity index is 1280. The Morgan fingerprint density at radius 3 is 2.96 bits per heavy atom. The van der Waals surface area contributed by atoms with E-state index in [2.05, 4.69) is 30.2 Å². The van der Waals surface area contributed by atoms with Crippen LogP contribution in [0.15, 0.2) is 55.4 Å². The lowest BCUT2D eigenvalue weighted by Crippen LogP contribution is -2.14. The fourth-order valence-corrected chi connectivity index (χ4v) is 3.25. The molecule has 0 saturated heterocycles.